The molecule has 2 fully saturated rings. The summed E-state index contributed by atoms with van der Waals surface area (Å²) in [5.41, 5.74) is 1.81. The van der Waals surface area contributed by atoms with Gasteiger partial charge >= 0.3 is 0 Å². The number of ether oxygens (including phenoxy) is 1. The monoisotopic (exact) mass is 323 g/mol. The molecule has 2 aliphatic rings. The third-order valence-electron chi connectivity index (χ3n) is 4.28. The zero-order valence-corrected chi connectivity index (χ0v) is 13.6. The number of benzene rings is 1. The Morgan fingerprint density at radius 1 is 1.32 bits per heavy atom. The molecule has 2 aliphatic heterocycles. The van der Waals surface area contributed by atoms with E-state index < -0.39 is 0 Å². The summed E-state index contributed by atoms with van der Waals surface area (Å²) in [6, 6.07) is 5.68. The van der Waals surface area contributed by atoms with Crippen LogP contribution in [0, 0.1) is 0 Å². The Morgan fingerprint density at radius 2 is 2.09 bits per heavy atom. The maximum Gasteiger partial charge on any atom is 0.253 e. The van der Waals surface area contributed by atoms with Gasteiger partial charge < -0.3 is 19.9 Å². The topological polar surface area (TPSA) is 44.8 Å². The van der Waals surface area contributed by atoms with Crippen molar-refractivity contribution in [1.82, 2.24) is 4.90 Å². The number of carbonyl (C=O) groups is 1. The van der Waals surface area contributed by atoms with E-state index in [4.69, 9.17) is 16.3 Å². The molecule has 22 heavy (non-hydrogen) atoms. The molecule has 120 valence electrons. The van der Waals surface area contributed by atoms with Crippen LogP contribution in [0.3, 0.4) is 0 Å². The lowest BCUT2D eigenvalue weighted by Crippen LogP contribution is -2.44. The van der Waals surface area contributed by atoms with Crippen LogP contribution in [0.5, 0.6) is 0 Å². The van der Waals surface area contributed by atoms with E-state index in [-0.39, 0.29) is 12.0 Å². The fourth-order valence-electron chi connectivity index (χ4n) is 2.93. The number of hydrogen-bond donors (Lipinski definition) is 1. The Hall–Kier alpha value is -1.30. The highest BCUT2D eigenvalue weighted by atomic mass is 35.5. The maximum atomic E-state index is 12.3. The number of likely N-dealkylation sites (N-methyl/N-ethyl adjacent to an activating group) is 1. The highest BCUT2D eigenvalue weighted by Crippen LogP contribution is 2.30. The van der Waals surface area contributed by atoms with E-state index in [1.807, 2.05) is 18.2 Å². The third-order valence-corrected chi connectivity index (χ3v) is 4.52. The van der Waals surface area contributed by atoms with Crippen LogP contribution in [0.25, 0.3) is 0 Å². The van der Waals surface area contributed by atoms with E-state index in [1.165, 1.54) is 0 Å². The molecule has 5 nitrogen and oxygen atoms in total. The molecule has 0 saturated carbocycles. The fraction of sp³-hybridized carbons (Fsp3) is 0.562. The second-order valence-corrected chi connectivity index (χ2v) is 6.38. The lowest BCUT2D eigenvalue weighted by molar-refractivity contribution is -0.124. The Balaban J connectivity index is 1.77. The molecule has 0 aromatic heterocycles. The van der Waals surface area contributed by atoms with Crippen LogP contribution in [-0.2, 0) is 9.53 Å². The van der Waals surface area contributed by atoms with Crippen molar-refractivity contribution in [3.63, 3.8) is 0 Å². The van der Waals surface area contributed by atoms with Crippen LogP contribution >= 0.6 is 11.6 Å². The van der Waals surface area contributed by atoms with Crippen molar-refractivity contribution in [2.45, 2.75) is 18.9 Å². The van der Waals surface area contributed by atoms with Crippen LogP contribution in [0.4, 0.5) is 11.4 Å². The van der Waals surface area contributed by atoms with Crippen LogP contribution in [-0.4, -0.2) is 56.7 Å². The summed E-state index contributed by atoms with van der Waals surface area (Å²) in [6.07, 6.45) is 1.40. The van der Waals surface area contributed by atoms with Crippen molar-refractivity contribution >= 4 is 28.9 Å². The van der Waals surface area contributed by atoms with Gasteiger partial charge in [0.2, 0.25) is 0 Å². The number of amides is 1. The highest BCUT2D eigenvalue weighted by molar-refractivity contribution is 6.31. The minimum Gasteiger partial charge on any atom is -0.368 e. The van der Waals surface area contributed by atoms with Crippen molar-refractivity contribution in [1.29, 1.82) is 0 Å². The predicted octanol–water partition coefficient (Wildman–Crippen LogP) is 2.21. The normalized spacial score (nSPS) is 22.8. The van der Waals surface area contributed by atoms with Gasteiger partial charge in [0.1, 0.15) is 6.10 Å². The molecule has 0 spiro atoms. The van der Waals surface area contributed by atoms with Gasteiger partial charge in [0.05, 0.1) is 11.4 Å². The summed E-state index contributed by atoms with van der Waals surface area (Å²) >= 11 is 6.11. The van der Waals surface area contributed by atoms with Crippen molar-refractivity contribution in [2.24, 2.45) is 0 Å². The molecule has 1 atom stereocenters. The molecule has 0 unspecified atom stereocenters. The Kier molecular flexibility index (Phi) is 4.86. The fourth-order valence-corrected chi connectivity index (χ4v) is 3.10. The van der Waals surface area contributed by atoms with Gasteiger partial charge in [0.25, 0.3) is 5.91 Å². The molecule has 2 heterocycles. The van der Waals surface area contributed by atoms with E-state index in [0.29, 0.717) is 11.6 Å². The number of carbonyl (C=O) groups excluding carboxylic acids is 1. The SMILES string of the molecule is CN1CCN(c2ccc(Cl)cc2NC(=O)[C@@H]2CCCO2)CC1. The first-order valence-corrected chi connectivity index (χ1v) is 8.17. The van der Waals surface area contributed by atoms with Crippen molar-refractivity contribution in [3.8, 4) is 0 Å². The molecule has 0 aliphatic carbocycles. The van der Waals surface area contributed by atoms with Crippen LogP contribution < -0.4 is 10.2 Å². The Morgan fingerprint density at radius 3 is 2.77 bits per heavy atom. The molecule has 1 aromatic rings. The van der Waals surface area contributed by atoms with Crippen LogP contribution in [0.2, 0.25) is 5.02 Å². The molecule has 1 amide bonds. The van der Waals surface area contributed by atoms with E-state index in [9.17, 15) is 4.79 Å². The number of nitrogens with zero attached hydrogens (tertiary/aromatic N) is 2. The zero-order chi connectivity index (χ0) is 15.5. The van der Waals surface area contributed by atoms with Crippen LogP contribution in [0.1, 0.15) is 12.8 Å². The Labute approximate surface area is 136 Å². The largest absolute Gasteiger partial charge is 0.368 e. The van der Waals surface area contributed by atoms with E-state index >= 15 is 0 Å². The number of nitrogens with one attached hydrogen (secondary N) is 1. The third kappa shape index (κ3) is 3.54. The van der Waals surface area contributed by atoms with Gasteiger partial charge in [-0.15, -0.1) is 0 Å². The average molecular weight is 324 g/mol. The minimum absolute atomic E-state index is 0.0739. The van der Waals surface area contributed by atoms with Crippen molar-refractivity contribution in [3.05, 3.63) is 23.2 Å². The van der Waals surface area contributed by atoms with Gasteiger partial charge in [-0.3, -0.25) is 4.79 Å². The van der Waals surface area contributed by atoms with Gasteiger partial charge in [0.15, 0.2) is 0 Å². The average Bonchev–Trinajstić information content (AvgIpc) is 3.03. The summed E-state index contributed by atoms with van der Waals surface area (Å²) in [5.74, 6) is -0.0739. The van der Waals surface area contributed by atoms with Gasteiger partial charge in [-0.1, -0.05) is 11.6 Å². The summed E-state index contributed by atoms with van der Waals surface area (Å²) < 4.78 is 5.45. The number of halogens is 1. The number of piperazine rings is 1. The van der Waals surface area contributed by atoms with E-state index in [0.717, 1.165) is 50.4 Å². The number of hydrogen-bond acceptors (Lipinski definition) is 4. The van der Waals surface area contributed by atoms with E-state index in [1.54, 1.807) is 0 Å². The summed E-state index contributed by atoms with van der Waals surface area (Å²) in [5, 5.41) is 3.62. The standard InChI is InChI=1S/C16H22ClN3O2/c1-19-6-8-20(9-7-19)14-5-4-12(17)11-13(14)18-16(21)15-3-2-10-22-15/h4-5,11,15H,2-3,6-10H2,1H3,(H,18,21)/t15-/m0/s1. The predicted molar refractivity (Wildman–Crippen MR) is 88.8 cm³/mol. The first-order chi connectivity index (χ1) is 10.6. The maximum absolute atomic E-state index is 12.3. The van der Waals surface area contributed by atoms with Crippen LogP contribution in [0.15, 0.2) is 18.2 Å². The van der Waals surface area contributed by atoms with Gasteiger partial charge in [-0.25, -0.2) is 0 Å². The second-order valence-electron chi connectivity index (χ2n) is 5.94. The van der Waals surface area contributed by atoms with Gasteiger partial charge in [0, 0.05) is 37.8 Å². The summed E-state index contributed by atoms with van der Waals surface area (Å²) in [4.78, 5) is 16.9. The zero-order valence-electron chi connectivity index (χ0n) is 12.8. The smallest absolute Gasteiger partial charge is 0.253 e. The molecule has 1 aromatic carbocycles. The molecule has 0 radical (unpaired) electrons. The summed E-state index contributed by atoms with van der Waals surface area (Å²) in [7, 11) is 2.12. The van der Waals surface area contributed by atoms with Gasteiger partial charge in [-0.2, -0.15) is 0 Å². The molecule has 6 heteroatoms. The van der Waals surface area contributed by atoms with Crippen molar-refractivity contribution < 1.29 is 9.53 Å². The Bertz CT molecular complexity index is 538. The minimum atomic E-state index is -0.334. The van der Waals surface area contributed by atoms with Gasteiger partial charge in [-0.05, 0) is 38.1 Å². The molecular formula is C16H22ClN3O2. The first kappa shape index (κ1) is 15.6. The highest BCUT2D eigenvalue weighted by Gasteiger charge is 2.25. The second kappa shape index (κ2) is 6.86. The molecule has 0 bridgehead atoms. The molecule has 3 rings (SSSR count). The lowest BCUT2D eigenvalue weighted by Gasteiger charge is -2.35. The number of rotatable bonds is 3. The lowest BCUT2D eigenvalue weighted by atomic mass is 10.2. The first-order valence-electron chi connectivity index (χ1n) is 7.79. The summed E-state index contributed by atoms with van der Waals surface area (Å²) in [6.45, 7) is 4.59. The molecule has 2 saturated heterocycles. The quantitative estimate of drug-likeness (QED) is 0.926. The molecule has 1 N–H and O–H groups in total. The molecular weight excluding hydrogens is 302 g/mol. The van der Waals surface area contributed by atoms with Crippen molar-refractivity contribution in [2.75, 3.05) is 50.1 Å². The number of anilines is 2. The van der Waals surface area contributed by atoms with E-state index in [2.05, 4.69) is 22.2 Å².